The fourth-order valence-electron chi connectivity index (χ4n) is 1.83. The predicted octanol–water partition coefficient (Wildman–Crippen LogP) is 3.91. The van der Waals surface area contributed by atoms with Gasteiger partial charge in [0.15, 0.2) is 17.2 Å². The fourth-order valence-corrected chi connectivity index (χ4v) is 3.73. The van der Waals surface area contributed by atoms with Crippen molar-refractivity contribution < 1.29 is 14.2 Å². The Morgan fingerprint density at radius 3 is 2.73 bits per heavy atom. The van der Waals surface area contributed by atoms with E-state index in [1.54, 1.807) is 12.1 Å². The highest BCUT2D eigenvalue weighted by Crippen LogP contribution is 2.40. The van der Waals surface area contributed by atoms with Crippen LogP contribution in [0.15, 0.2) is 25.9 Å². The lowest BCUT2D eigenvalue weighted by molar-refractivity contribution is -0.0453. The highest BCUT2D eigenvalue weighted by molar-refractivity contribution is 9.11. The number of benzene rings is 1. The van der Waals surface area contributed by atoms with Crippen LogP contribution in [0.4, 0.5) is 0 Å². The zero-order valence-electron chi connectivity index (χ0n) is 10.7. The average Bonchev–Trinajstić information content (AvgIpc) is 3.00. The highest BCUT2D eigenvalue weighted by Gasteiger charge is 2.26. The molecule has 1 aliphatic heterocycles. The third kappa shape index (κ3) is 3.34. The zero-order valence-corrected chi connectivity index (χ0v) is 15.5. The van der Waals surface area contributed by atoms with Gasteiger partial charge in [0.25, 0.3) is 11.3 Å². The Bertz CT molecular complexity index is 767. The standard InChI is InChI=1S/C12H7Br2ClN2O4S/c13-5-3-6(12-19-1-2-20-12)9(7(14)4-5)21-11-8(18)10(15)16-22-17-11/h3-4,12H,1-2H2. The first-order valence-electron chi connectivity index (χ1n) is 5.98. The van der Waals surface area contributed by atoms with E-state index in [1.165, 1.54) is 0 Å². The first kappa shape index (κ1) is 16.3. The van der Waals surface area contributed by atoms with Crippen LogP contribution in [0.5, 0.6) is 11.6 Å². The van der Waals surface area contributed by atoms with Crippen molar-refractivity contribution in [2.24, 2.45) is 0 Å². The Hall–Kier alpha value is -0.580. The molecule has 22 heavy (non-hydrogen) atoms. The second-order valence-electron chi connectivity index (χ2n) is 4.17. The minimum absolute atomic E-state index is 0.146. The van der Waals surface area contributed by atoms with E-state index in [2.05, 4.69) is 40.6 Å². The van der Waals surface area contributed by atoms with Crippen LogP contribution in [0.3, 0.4) is 0 Å². The van der Waals surface area contributed by atoms with Gasteiger partial charge in [-0.1, -0.05) is 27.5 Å². The molecule has 10 heteroatoms. The predicted molar refractivity (Wildman–Crippen MR) is 87.7 cm³/mol. The van der Waals surface area contributed by atoms with Crippen LogP contribution in [0.25, 0.3) is 0 Å². The Morgan fingerprint density at radius 2 is 2.00 bits per heavy atom. The van der Waals surface area contributed by atoms with Crippen LogP contribution in [0.2, 0.25) is 5.15 Å². The molecule has 2 aromatic rings. The number of hydrogen-bond donors (Lipinski definition) is 0. The molecule has 0 amide bonds. The summed E-state index contributed by atoms with van der Waals surface area (Å²) in [7, 11) is 0. The van der Waals surface area contributed by atoms with Crippen LogP contribution in [-0.4, -0.2) is 22.0 Å². The van der Waals surface area contributed by atoms with Crippen LogP contribution in [0.1, 0.15) is 11.9 Å². The summed E-state index contributed by atoms with van der Waals surface area (Å²) in [6.45, 7) is 0.977. The fraction of sp³-hybridized carbons (Fsp3) is 0.250. The van der Waals surface area contributed by atoms with Gasteiger partial charge in [0.1, 0.15) is 0 Å². The largest absolute Gasteiger partial charge is 0.433 e. The van der Waals surface area contributed by atoms with Gasteiger partial charge in [-0.15, -0.1) is 4.37 Å². The summed E-state index contributed by atoms with van der Waals surface area (Å²) in [5.74, 6) is 0.237. The van der Waals surface area contributed by atoms with E-state index in [1.807, 2.05) is 0 Å². The quantitative estimate of drug-likeness (QED) is 0.678. The molecule has 0 aliphatic carbocycles. The number of hydrogen-bond acceptors (Lipinski definition) is 7. The Kier molecular flexibility index (Phi) is 5.10. The van der Waals surface area contributed by atoms with Gasteiger partial charge in [-0.3, -0.25) is 4.79 Å². The molecule has 1 aromatic carbocycles. The topological polar surface area (TPSA) is 70.5 Å². The normalized spacial score (nSPS) is 15.2. The molecule has 1 saturated heterocycles. The van der Waals surface area contributed by atoms with E-state index in [4.69, 9.17) is 25.8 Å². The summed E-state index contributed by atoms with van der Waals surface area (Å²) < 4.78 is 25.6. The van der Waals surface area contributed by atoms with Gasteiger partial charge < -0.3 is 14.2 Å². The van der Waals surface area contributed by atoms with Gasteiger partial charge >= 0.3 is 0 Å². The first-order valence-corrected chi connectivity index (χ1v) is 8.68. The van der Waals surface area contributed by atoms with Crippen molar-refractivity contribution in [1.82, 2.24) is 8.75 Å². The zero-order chi connectivity index (χ0) is 15.7. The van der Waals surface area contributed by atoms with Crippen molar-refractivity contribution in [2.45, 2.75) is 6.29 Å². The van der Waals surface area contributed by atoms with Crippen molar-refractivity contribution in [3.05, 3.63) is 42.0 Å². The van der Waals surface area contributed by atoms with Crippen molar-refractivity contribution in [3.63, 3.8) is 0 Å². The highest BCUT2D eigenvalue weighted by atomic mass is 79.9. The van der Waals surface area contributed by atoms with Crippen molar-refractivity contribution >= 4 is 55.2 Å². The summed E-state index contributed by atoms with van der Waals surface area (Å²) in [5, 5.41) is -0.182. The minimum atomic E-state index is -0.575. The molecule has 2 heterocycles. The van der Waals surface area contributed by atoms with Gasteiger partial charge in [-0.2, -0.15) is 4.37 Å². The molecule has 0 unspecified atom stereocenters. The lowest BCUT2D eigenvalue weighted by Gasteiger charge is -2.16. The molecule has 0 spiro atoms. The van der Waals surface area contributed by atoms with E-state index in [0.717, 1.165) is 16.2 Å². The second-order valence-corrected chi connectivity index (χ2v) is 6.83. The van der Waals surface area contributed by atoms with E-state index < -0.39 is 11.7 Å². The molecule has 3 rings (SSSR count). The van der Waals surface area contributed by atoms with E-state index in [0.29, 0.717) is 29.0 Å². The number of aromatic nitrogens is 2. The lowest BCUT2D eigenvalue weighted by atomic mass is 10.2. The maximum absolute atomic E-state index is 11.9. The van der Waals surface area contributed by atoms with Crippen LogP contribution in [-0.2, 0) is 9.47 Å². The van der Waals surface area contributed by atoms with Crippen LogP contribution >= 0.6 is 55.2 Å². The van der Waals surface area contributed by atoms with Crippen LogP contribution in [0, 0.1) is 0 Å². The smallest absolute Gasteiger partial charge is 0.283 e. The van der Waals surface area contributed by atoms with Crippen molar-refractivity contribution in [3.8, 4) is 11.6 Å². The molecule has 0 atom stereocenters. The molecule has 116 valence electrons. The molecule has 0 saturated carbocycles. The molecule has 0 radical (unpaired) electrons. The van der Waals surface area contributed by atoms with E-state index >= 15 is 0 Å². The molecule has 1 aliphatic rings. The molecular weight excluding hydrogens is 463 g/mol. The number of halogens is 3. The molecule has 0 bridgehead atoms. The number of rotatable bonds is 3. The maximum atomic E-state index is 11.9. The average molecular weight is 471 g/mol. The van der Waals surface area contributed by atoms with Gasteiger partial charge in [-0.25, -0.2) is 0 Å². The Morgan fingerprint density at radius 1 is 1.27 bits per heavy atom. The Balaban J connectivity index is 2.05. The molecule has 6 nitrogen and oxygen atoms in total. The summed E-state index contributed by atoms with van der Waals surface area (Å²) in [5.41, 5.74) is 0.0623. The lowest BCUT2D eigenvalue weighted by Crippen LogP contribution is -2.10. The van der Waals surface area contributed by atoms with Gasteiger partial charge in [0.05, 0.1) is 35.0 Å². The van der Waals surface area contributed by atoms with E-state index in [9.17, 15) is 4.79 Å². The summed E-state index contributed by atoms with van der Waals surface area (Å²) in [6.07, 6.45) is -0.570. The maximum Gasteiger partial charge on any atom is 0.283 e. The SMILES string of the molecule is O=c1c(Cl)nsnc1Oc1c(Br)cc(Br)cc1C1OCCO1. The van der Waals surface area contributed by atoms with Gasteiger partial charge in [0.2, 0.25) is 0 Å². The molecule has 1 fully saturated rings. The number of ether oxygens (including phenoxy) is 3. The third-order valence-corrected chi connectivity index (χ3v) is 4.65. The molecular formula is C12H7Br2ClN2O4S. The first-order chi connectivity index (χ1) is 10.6. The van der Waals surface area contributed by atoms with Crippen molar-refractivity contribution in [2.75, 3.05) is 13.2 Å². The summed E-state index contributed by atoms with van der Waals surface area (Å²) in [6, 6.07) is 3.58. The summed E-state index contributed by atoms with van der Waals surface area (Å²) >= 11 is 13.3. The Labute approximate surface area is 150 Å². The monoisotopic (exact) mass is 468 g/mol. The van der Waals surface area contributed by atoms with E-state index in [-0.39, 0.29) is 11.0 Å². The van der Waals surface area contributed by atoms with Gasteiger partial charge in [0, 0.05) is 4.47 Å². The van der Waals surface area contributed by atoms with Crippen molar-refractivity contribution in [1.29, 1.82) is 0 Å². The van der Waals surface area contributed by atoms with Crippen LogP contribution < -0.4 is 10.2 Å². The molecule has 1 aromatic heterocycles. The van der Waals surface area contributed by atoms with Gasteiger partial charge in [-0.05, 0) is 28.1 Å². The number of nitrogens with zero attached hydrogens (tertiary/aromatic N) is 2. The molecule has 0 N–H and O–H groups in total. The minimum Gasteiger partial charge on any atom is -0.433 e. The second kappa shape index (κ2) is 6.90. The summed E-state index contributed by atoms with van der Waals surface area (Å²) in [4.78, 5) is 11.9. The third-order valence-electron chi connectivity index (χ3n) is 2.74.